The predicted molar refractivity (Wildman–Crippen MR) is 63.2 cm³/mol. The zero-order valence-electron chi connectivity index (χ0n) is 9.95. The number of aromatic nitrogens is 2. The number of rotatable bonds is 5. The van der Waals surface area contributed by atoms with Gasteiger partial charge in [-0.25, -0.2) is 4.98 Å². The first kappa shape index (κ1) is 12.3. The van der Waals surface area contributed by atoms with Gasteiger partial charge in [-0.05, 0) is 5.56 Å². The number of hydrogen-bond acceptors (Lipinski definition) is 3. The Morgan fingerprint density at radius 2 is 2.11 bits per heavy atom. The van der Waals surface area contributed by atoms with E-state index in [4.69, 9.17) is 0 Å². The summed E-state index contributed by atoms with van der Waals surface area (Å²) in [6.07, 6.45) is 3.84. The molecule has 0 fully saturated rings. The first-order chi connectivity index (χ1) is 8.65. The first-order valence-electron chi connectivity index (χ1n) is 5.73. The molecule has 2 rings (SSSR count). The summed E-state index contributed by atoms with van der Waals surface area (Å²) in [6.45, 7) is 0.723. The number of carbonyl (C=O) groups excluding carboxylic acids is 1. The smallest absolute Gasteiger partial charge is 0.130 e. The molecule has 1 aromatic heterocycles. The van der Waals surface area contributed by atoms with Crippen LogP contribution < -0.4 is 10.8 Å². The minimum absolute atomic E-state index is 0.296. The van der Waals surface area contributed by atoms with E-state index in [9.17, 15) is 9.90 Å². The molecule has 0 amide bonds. The largest absolute Gasteiger partial charge is 0.544 e. The molecule has 0 unspecified atom stereocenters. The average molecular weight is 245 g/mol. The zero-order valence-corrected chi connectivity index (χ0v) is 9.95. The lowest BCUT2D eigenvalue weighted by atomic mass is 10.2. The molecule has 3 N–H and O–H groups in total. The molecule has 0 radical (unpaired) electrons. The number of imidazole rings is 1. The van der Waals surface area contributed by atoms with Crippen molar-refractivity contribution in [1.29, 1.82) is 0 Å². The van der Waals surface area contributed by atoms with E-state index in [1.165, 1.54) is 5.56 Å². The van der Waals surface area contributed by atoms with Crippen molar-refractivity contribution in [3.8, 4) is 0 Å². The summed E-state index contributed by atoms with van der Waals surface area (Å²) in [5.41, 5.74) is 5.41. The van der Waals surface area contributed by atoms with Crippen molar-refractivity contribution in [3.05, 3.63) is 54.1 Å². The highest BCUT2D eigenvalue weighted by molar-refractivity contribution is 5.69. The van der Waals surface area contributed by atoms with Gasteiger partial charge in [-0.3, -0.25) is 0 Å². The molecule has 1 heterocycles. The average Bonchev–Trinajstić information content (AvgIpc) is 2.77. The fourth-order valence-corrected chi connectivity index (χ4v) is 1.73. The van der Waals surface area contributed by atoms with Gasteiger partial charge in [0.1, 0.15) is 6.04 Å². The number of aliphatic carboxylic acids is 1. The molecular formula is C13H15N3O2. The molecule has 2 aromatic rings. The van der Waals surface area contributed by atoms with Gasteiger partial charge in [-0.2, -0.15) is 0 Å². The molecule has 1 aromatic carbocycles. The molecule has 18 heavy (non-hydrogen) atoms. The summed E-state index contributed by atoms with van der Waals surface area (Å²) < 4.78 is 1.92. The Labute approximate surface area is 105 Å². The highest BCUT2D eigenvalue weighted by atomic mass is 16.4. The minimum atomic E-state index is -1.15. The van der Waals surface area contributed by atoms with Crippen LogP contribution in [0.2, 0.25) is 0 Å². The lowest BCUT2D eigenvalue weighted by Gasteiger charge is -2.06. The van der Waals surface area contributed by atoms with Gasteiger partial charge < -0.3 is 20.2 Å². The number of nitrogens with zero attached hydrogens (tertiary/aromatic N) is 2. The number of benzene rings is 1. The van der Waals surface area contributed by atoms with Crippen LogP contribution >= 0.6 is 0 Å². The van der Waals surface area contributed by atoms with Crippen molar-refractivity contribution in [2.45, 2.75) is 19.0 Å². The third kappa shape index (κ3) is 3.18. The lowest BCUT2D eigenvalue weighted by molar-refractivity contribution is -0.437. The van der Waals surface area contributed by atoms with Gasteiger partial charge in [-0.1, -0.05) is 30.3 Å². The molecule has 0 aliphatic heterocycles. The second-order valence-electron chi connectivity index (χ2n) is 4.24. The van der Waals surface area contributed by atoms with Crippen LogP contribution in [-0.2, 0) is 17.8 Å². The molecule has 5 heteroatoms. The second-order valence-corrected chi connectivity index (χ2v) is 4.24. The maximum Gasteiger partial charge on any atom is 0.130 e. The number of hydrogen-bond donors (Lipinski definition) is 1. The fourth-order valence-electron chi connectivity index (χ4n) is 1.73. The van der Waals surface area contributed by atoms with Crippen LogP contribution in [0.15, 0.2) is 42.9 Å². The van der Waals surface area contributed by atoms with Crippen molar-refractivity contribution in [2.75, 3.05) is 0 Å². The topological polar surface area (TPSA) is 85.6 Å². The third-order valence-corrected chi connectivity index (χ3v) is 2.68. The molecule has 1 atom stereocenters. The molecule has 0 aliphatic rings. The number of carbonyl (C=O) groups is 1. The highest BCUT2D eigenvalue weighted by Gasteiger charge is 2.10. The lowest BCUT2D eigenvalue weighted by Crippen LogP contribution is -2.69. The van der Waals surface area contributed by atoms with Crippen LogP contribution in [0.5, 0.6) is 0 Å². The highest BCUT2D eigenvalue weighted by Crippen LogP contribution is 2.04. The number of carboxylic acid groups (broad SMARTS) is 1. The van der Waals surface area contributed by atoms with Gasteiger partial charge in [0, 0.05) is 19.2 Å². The Kier molecular flexibility index (Phi) is 3.74. The molecule has 0 saturated heterocycles. The van der Waals surface area contributed by atoms with E-state index in [0.29, 0.717) is 6.42 Å². The van der Waals surface area contributed by atoms with Crippen LogP contribution in [0.25, 0.3) is 0 Å². The number of quaternary nitrogens is 1. The maximum atomic E-state index is 10.6. The normalized spacial score (nSPS) is 12.3. The van der Waals surface area contributed by atoms with Gasteiger partial charge in [-0.15, -0.1) is 0 Å². The van der Waals surface area contributed by atoms with Crippen LogP contribution in [0.4, 0.5) is 0 Å². The third-order valence-electron chi connectivity index (χ3n) is 2.68. The van der Waals surface area contributed by atoms with Gasteiger partial charge in [0.05, 0.1) is 18.0 Å². The standard InChI is InChI=1S/C13H15N3O2/c14-12(13(17)18)6-11-8-16(9-15-11)7-10-4-2-1-3-5-10/h1-5,8-9,12H,6-7,14H2,(H,17,18)/t12-/m1/s1. The molecule has 0 bridgehead atoms. The molecule has 0 saturated carbocycles. The summed E-state index contributed by atoms with van der Waals surface area (Å²) >= 11 is 0. The Bertz CT molecular complexity index is 522. The zero-order chi connectivity index (χ0) is 13.0. The summed E-state index contributed by atoms with van der Waals surface area (Å²) in [6, 6.07) is 9.24. The Morgan fingerprint density at radius 3 is 2.78 bits per heavy atom. The van der Waals surface area contributed by atoms with Crippen LogP contribution in [0, 0.1) is 0 Å². The van der Waals surface area contributed by atoms with Gasteiger partial charge in [0.2, 0.25) is 0 Å². The molecule has 0 aliphatic carbocycles. The van der Waals surface area contributed by atoms with Crippen molar-refractivity contribution < 1.29 is 15.6 Å². The number of carboxylic acids is 1. The summed E-state index contributed by atoms with van der Waals surface area (Å²) in [4.78, 5) is 14.8. The van der Waals surface area contributed by atoms with E-state index in [1.807, 2.05) is 41.1 Å². The molecule has 94 valence electrons. The molecule has 5 nitrogen and oxygen atoms in total. The van der Waals surface area contributed by atoms with E-state index in [0.717, 1.165) is 12.2 Å². The SMILES string of the molecule is [NH3+][C@H](Cc1cn(Cc2ccccc2)cn1)C(=O)[O-]. The van der Waals surface area contributed by atoms with Crippen LogP contribution in [0.1, 0.15) is 11.3 Å². The van der Waals surface area contributed by atoms with Crippen LogP contribution in [-0.4, -0.2) is 21.6 Å². The summed E-state index contributed by atoms with van der Waals surface area (Å²) in [5.74, 6) is -1.15. The Hall–Kier alpha value is -2.14. The predicted octanol–water partition coefficient (Wildman–Crippen LogP) is -1.17. The fraction of sp³-hybridized carbons (Fsp3) is 0.231. The Balaban J connectivity index is 2.00. The molecular weight excluding hydrogens is 230 g/mol. The van der Waals surface area contributed by atoms with Crippen molar-refractivity contribution in [1.82, 2.24) is 9.55 Å². The van der Waals surface area contributed by atoms with Crippen molar-refractivity contribution >= 4 is 5.97 Å². The van der Waals surface area contributed by atoms with Crippen molar-refractivity contribution in [2.24, 2.45) is 0 Å². The minimum Gasteiger partial charge on any atom is -0.544 e. The van der Waals surface area contributed by atoms with Gasteiger partial charge in [0.25, 0.3) is 0 Å². The van der Waals surface area contributed by atoms with Crippen LogP contribution in [0.3, 0.4) is 0 Å². The van der Waals surface area contributed by atoms with Gasteiger partial charge >= 0.3 is 0 Å². The van der Waals surface area contributed by atoms with E-state index in [2.05, 4.69) is 10.7 Å². The maximum absolute atomic E-state index is 10.6. The summed E-state index contributed by atoms with van der Waals surface area (Å²) in [5, 5.41) is 10.6. The Morgan fingerprint density at radius 1 is 1.39 bits per heavy atom. The summed E-state index contributed by atoms with van der Waals surface area (Å²) in [7, 11) is 0. The van der Waals surface area contributed by atoms with E-state index in [1.54, 1.807) is 6.33 Å². The first-order valence-corrected chi connectivity index (χ1v) is 5.73. The second kappa shape index (κ2) is 5.46. The van der Waals surface area contributed by atoms with E-state index >= 15 is 0 Å². The van der Waals surface area contributed by atoms with E-state index in [-0.39, 0.29) is 0 Å². The monoisotopic (exact) mass is 245 g/mol. The molecule has 0 spiro atoms. The van der Waals surface area contributed by atoms with E-state index < -0.39 is 12.0 Å². The quantitative estimate of drug-likeness (QED) is 0.720. The van der Waals surface area contributed by atoms with Gasteiger partial charge in [0.15, 0.2) is 0 Å². The van der Waals surface area contributed by atoms with Crippen molar-refractivity contribution in [3.63, 3.8) is 0 Å².